The van der Waals surface area contributed by atoms with Gasteiger partial charge in [0.2, 0.25) is 11.6 Å². The van der Waals surface area contributed by atoms with E-state index in [0.29, 0.717) is 12.8 Å². The molecular weight excluding hydrogens is 360 g/mol. The molecule has 1 saturated carbocycles. The average Bonchev–Trinajstić information content (AvgIpc) is 2.58. The zero-order valence-corrected chi connectivity index (χ0v) is 17.3. The van der Waals surface area contributed by atoms with Crippen LogP contribution in [0.25, 0.3) is 0 Å². The Morgan fingerprint density at radius 3 is 2.39 bits per heavy atom. The Kier molecular flexibility index (Phi) is 5.07. The highest BCUT2D eigenvalue weighted by atomic mass is 16.5. The number of carbonyl (C=O) groups is 3. The summed E-state index contributed by atoms with van der Waals surface area (Å²) in [5.41, 5.74) is -0.665. The summed E-state index contributed by atoms with van der Waals surface area (Å²) in [4.78, 5) is 37.9. The maximum absolute atomic E-state index is 13.3. The molecule has 0 aromatic rings. The first kappa shape index (κ1) is 20.8. The van der Waals surface area contributed by atoms with Gasteiger partial charge in [0.15, 0.2) is 0 Å². The lowest BCUT2D eigenvalue weighted by atomic mass is 9.47. The zero-order chi connectivity index (χ0) is 21.0. The summed E-state index contributed by atoms with van der Waals surface area (Å²) in [6.07, 6.45) is 1.88. The van der Waals surface area contributed by atoms with E-state index in [1.54, 1.807) is 13.8 Å². The molecule has 3 aliphatic rings. The molecule has 0 amide bonds. The van der Waals surface area contributed by atoms with Crippen LogP contribution in [0.3, 0.4) is 0 Å². The van der Waals surface area contributed by atoms with Crippen LogP contribution in [0.15, 0.2) is 22.5 Å². The first-order valence-electron chi connectivity index (χ1n) is 10.0. The average molecular weight is 390 g/mol. The molecule has 0 aromatic carbocycles. The van der Waals surface area contributed by atoms with Gasteiger partial charge in [0.05, 0.1) is 6.61 Å². The van der Waals surface area contributed by atoms with Gasteiger partial charge in [-0.2, -0.15) is 0 Å². The molecule has 0 bridgehead atoms. The molecular formula is C22H30O6. The monoisotopic (exact) mass is 390 g/mol. The number of allylic oxidation sites excluding steroid dienone is 1. The van der Waals surface area contributed by atoms with Crippen LogP contribution in [-0.4, -0.2) is 40.5 Å². The molecule has 0 saturated heterocycles. The molecule has 2 N–H and O–H groups in total. The van der Waals surface area contributed by atoms with Crippen LogP contribution in [0.2, 0.25) is 0 Å². The van der Waals surface area contributed by atoms with Crippen LogP contribution < -0.4 is 0 Å². The van der Waals surface area contributed by atoms with Crippen molar-refractivity contribution in [3.8, 4) is 0 Å². The summed E-state index contributed by atoms with van der Waals surface area (Å²) in [5, 5.41) is 21.5. The Morgan fingerprint density at radius 1 is 1.21 bits per heavy atom. The second-order valence-electron chi connectivity index (χ2n) is 9.41. The summed E-state index contributed by atoms with van der Waals surface area (Å²) in [5.74, 6) is -2.66. The fourth-order valence-corrected chi connectivity index (χ4v) is 5.78. The fraction of sp³-hybridized carbons (Fsp3) is 0.682. The van der Waals surface area contributed by atoms with Gasteiger partial charge in [-0.25, -0.2) is 0 Å². The van der Waals surface area contributed by atoms with Gasteiger partial charge in [0, 0.05) is 29.1 Å². The normalized spacial score (nSPS) is 32.4. The van der Waals surface area contributed by atoms with E-state index in [2.05, 4.69) is 13.8 Å². The van der Waals surface area contributed by atoms with E-state index >= 15 is 0 Å². The first-order valence-corrected chi connectivity index (χ1v) is 10.0. The Bertz CT molecular complexity index is 800. The third kappa shape index (κ3) is 2.84. The second kappa shape index (κ2) is 6.83. The Hall–Kier alpha value is -1.95. The number of aliphatic hydroxyl groups excluding tert-OH is 2. The molecule has 0 spiro atoms. The number of carbonyl (C=O) groups excluding carboxylic acids is 3. The predicted molar refractivity (Wildman–Crippen MR) is 102 cm³/mol. The molecule has 0 heterocycles. The highest BCUT2D eigenvalue weighted by Crippen LogP contribution is 2.61. The number of Topliss-reactive ketones (excluding diaryl/α,β-unsaturated/α-hetero) is 2. The van der Waals surface area contributed by atoms with Gasteiger partial charge in [-0.15, -0.1) is 0 Å². The van der Waals surface area contributed by atoms with Crippen LogP contribution >= 0.6 is 0 Å². The molecule has 0 radical (unpaired) electrons. The SMILES string of the molecule is CC(=O)OC1CC2C(C)(C)CCCC2(CO)C2=C1C(O)=C(C(C)C)C(=O)C2=O. The number of ketones is 2. The quantitative estimate of drug-likeness (QED) is 0.436. The molecule has 3 atom stereocenters. The number of ether oxygens (including phenoxy) is 1. The summed E-state index contributed by atoms with van der Waals surface area (Å²) in [6, 6.07) is 0. The molecule has 6 heteroatoms. The van der Waals surface area contributed by atoms with Crippen molar-refractivity contribution < 1.29 is 29.3 Å². The molecule has 6 nitrogen and oxygen atoms in total. The van der Waals surface area contributed by atoms with Crippen molar-refractivity contribution in [3.63, 3.8) is 0 Å². The third-order valence-corrected chi connectivity index (χ3v) is 6.95. The lowest BCUT2D eigenvalue weighted by Crippen LogP contribution is -2.56. The van der Waals surface area contributed by atoms with Crippen molar-refractivity contribution in [2.75, 3.05) is 6.61 Å². The second-order valence-corrected chi connectivity index (χ2v) is 9.41. The van der Waals surface area contributed by atoms with Crippen LogP contribution in [0.4, 0.5) is 0 Å². The Labute approximate surface area is 165 Å². The fourth-order valence-electron chi connectivity index (χ4n) is 5.78. The lowest BCUT2D eigenvalue weighted by molar-refractivity contribution is -0.150. The zero-order valence-electron chi connectivity index (χ0n) is 17.3. The van der Waals surface area contributed by atoms with Crippen LogP contribution in [0.5, 0.6) is 0 Å². The van der Waals surface area contributed by atoms with Crippen molar-refractivity contribution in [1.82, 2.24) is 0 Å². The molecule has 3 aliphatic carbocycles. The molecule has 1 fully saturated rings. The van der Waals surface area contributed by atoms with Gasteiger partial charge < -0.3 is 14.9 Å². The largest absolute Gasteiger partial charge is 0.507 e. The highest BCUT2D eigenvalue weighted by Gasteiger charge is 2.60. The maximum atomic E-state index is 13.3. The van der Waals surface area contributed by atoms with Crippen molar-refractivity contribution in [2.45, 2.75) is 66.4 Å². The summed E-state index contributed by atoms with van der Waals surface area (Å²) in [6.45, 7) is 8.65. The topological polar surface area (TPSA) is 101 Å². The highest BCUT2D eigenvalue weighted by molar-refractivity contribution is 6.50. The number of hydrogen-bond acceptors (Lipinski definition) is 6. The summed E-state index contributed by atoms with van der Waals surface area (Å²) >= 11 is 0. The van der Waals surface area contributed by atoms with E-state index in [-0.39, 0.29) is 46.3 Å². The Balaban J connectivity index is 2.34. The standard InChI is InChI=1S/C22H30O6/c1-11(2)15-18(25)16-13(28-12(3)24)9-14-21(4,5)7-6-8-22(14,10-23)17(16)20(27)19(15)26/h11,13-14,23,25H,6-10H2,1-5H3. The number of aliphatic hydroxyl groups is 2. The van der Waals surface area contributed by atoms with Crippen molar-refractivity contribution in [2.24, 2.45) is 22.7 Å². The van der Waals surface area contributed by atoms with E-state index in [0.717, 1.165) is 12.8 Å². The predicted octanol–water partition coefficient (Wildman–Crippen LogP) is 3.04. The maximum Gasteiger partial charge on any atom is 0.303 e. The van der Waals surface area contributed by atoms with Gasteiger partial charge in [-0.05, 0) is 36.5 Å². The smallest absolute Gasteiger partial charge is 0.303 e. The van der Waals surface area contributed by atoms with Gasteiger partial charge in [-0.3, -0.25) is 14.4 Å². The molecule has 154 valence electrons. The minimum Gasteiger partial charge on any atom is -0.507 e. The van der Waals surface area contributed by atoms with E-state index in [1.165, 1.54) is 6.92 Å². The molecule has 3 rings (SSSR count). The van der Waals surface area contributed by atoms with Crippen LogP contribution in [0, 0.1) is 22.7 Å². The number of rotatable bonds is 3. The number of hydrogen-bond donors (Lipinski definition) is 2. The Morgan fingerprint density at radius 2 is 1.86 bits per heavy atom. The molecule has 28 heavy (non-hydrogen) atoms. The molecule has 0 aromatic heterocycles. The van der Waals surface area contributed by atoms with Crippen LogP contribution in [0.1, 0.15) is 60.3 Å². The molecule has 3 unspecified atom stereocenters. The van der Waals surface area contributed by atoms with E-state index < -0.39 is 29.1 Å². The summed E-state index contributed by atoms with van der Waals surface area (Å²) < 4.78 is 5.54. The minimum absolute atomic E-state index is 0.0579. The van der Waals surface area contributed by atoms with Crippen LogP contribution in [-0.2, 0) is 19.1 Å². The van der Waals surface area contributed by atoms with Crippen molar-refractivity contribution in [3.05, 3.63) is 22.5 Å². The number of fused-ring (bicyclic) bond motifs is 2. The van der Waals surface area contributed by atoms with E-state index in [4.69, 9.17) is 4.74 Å². The summed E-state index contributed by atoms with van der Waals surface area (Å²) in [7, 11) is 0. The van der Waals surface area contributed by atoms with Gasteiger partial charge >= 0.3 is 5.97 Å². The van der Waals surface area contributed by atoms with Gasteiger partial charge in [0.1, 0.15) is 11.9 Å². The molecule has 0 aliphatic heterocycles. The van der Waals surface area contributed by atoms with Gasteiger partial charge in [-0.1, -0.05) is 34.1 Å². The minimum atomic E-state index is -0.906. The van der Waals surface area contributed by atoms with E-state index in [1.807, 2.05) is 0 Å². The van der Waals surface area contributed by atoms with E-state index in [9.17, 15) is 24.6 Å². The first-order chi connectivity index (χ1) is 13.0. The van der Waals surface area contributed by atoms with Gasteiger partial charge in [0.25, 0.3) is 0 Å². The lowest BCUT2D eigenvalue weighted by Gasteiger charge is -2.57. The third-order valence-electron chi connectivity index (χ3n) is 6.95. The number of esters is 1. The van der Waals surface area contributed by atoms with Crippen molar-refractivity contribution >= 4 is 17.5 Å². The van der Waals surface area contributed by atoms with Crippen molar-refractivity contribution in [1.29, 1.82) is 0 Å².